The standard InChI is InChI=1S/C18H19FN2O3S/c19-15-7-4-8-16(12-15)20-18(22)14-6-5-11-21(13-14)25(23,24)17-9-2-1-3-10-17/h1-4,7-10,12,14H,5-6,11,13H2,(H,20,22)/t14-/m1/s1. The monoisotopic (exact) mass is 362 g/mol. The van der Waals surface area contributed by atoms with Crippen LogP contribution in [0.2, 0.25) is 0 Å². The van der Waals surface area contributed by atoms with Crippen LogP contribution in [0.1, 0.15) is 12.8 Å². The van der Waals surface area contributed by atoms with Crippen molar-refractivity contribution in [2.45, 2.75) is 17.7 Å². The molecule has 0 aromatic heterocycles. The SMILES string of the molecule is O=C(Nc1cccc(F)c1)[C@@H]1CCCN(S(=O)(=O)c2ccccc2)C1. The molecule has 1 atom stereocenters. The summed E-state index contributed by atoms with van der Waals surface area (Å²) in [5.74, 6) is -1.19. The zero-order valence-electron chi connectivity index (χ0n) is 13.6. The van der Waals surface area contributed by atoms with E-state index in [0.29, 0.717) is 25.1 Å². The van der Waals surface area contributed by atoms with Crippen molar-refractivity contribution in [2.75, 3.05) is 18.4 Å². The zero-order valence-corrected chi connectivity index (χ0v) is 14.4. The van der Waals surface area contributed by atoms with Crippen molar-refractivity contribution in [3.05, 3.63) is 60.4 Å². The fraction of sp³-hybridized carbons (Fsp3) is 0.278. The van der Waals surface area contributed by atoms with Gasteiger partial charge in [0.05, 0.1) is 10.8 Å². The summed E-state index contributed by atoms with van der Waals surface area (Å²) >= 11 is 0. The maximum atomic E-state index is 13.2. The highest BCUT2D eigenvalue weighted by Crippen LogP contribution is 2.24. The minimum atomic E-state index is -3.61. The molecule has 7 heteroatoms. The first kappa shape index (κ1) is 17.6. The number of anilines is 1. The predicted molar refractivity (Wildman–Crippen MR) is 93.0 cm³/mol. The molecule has 1 saturated heterocycles. The molecule has 5 nitrogen and oxygen atoms in total. The summed E-state index contributed by atoms with van der Waals surface area (Å²) in [5, 5.41) is 2.66. The number of carbonyl (C=O) groups is 1. The van der Waals surface area contributed by atoms with E-state index in [1.54, 1.807) is 36.4 Å². The number of amides is 1. The van der Waals surface area contributed by atoms with Crippen LogP contribution in [0.3, 0.4) is 0 Å². The van der Waals surface area contributed by atoms with Crippen LogP contribution in [0, 0.1) is 11.7 Å². The van der Waals surface area contributed by atoms with E-state index < -0.39 is 21.8 Å². The lowest BCUT2D eigenvalue weighted by molar-refractivity contribution is -0.120. The molecule has 1 aliphatic rings. The van der Waals surface area contributed by atoms with Crippen molar-refractivity contribution in [3.8, 4) is 0 Å². The number of carbonyl (C=O) groups excluding carboxylic acids is 1. The summed E-state index contributed by atoms with van der Waals surface area (Å²) in [6.07, 6.45) is 1.20. The largest absolute Gasteiger partial charge is 0.326 e. The summed E-state index contributed by atoms with van der Waals surface area (Å²) in [7, 11) is -3.61. The number of benzene rings is 2. The predicted octanol–water partition coefficient (Wildman–Crippen LogP) is 2.87. The van der Waals surface area contributed by atoms with Crippen molar-refractivity contribution >= 4 is 21.6 Å². The van der Waals surface area contributed by atoms with Gasteiger partial charge in [-0.15, -0.1) is 0 Å². The Balaban J connectivity index is 1.71. The van der Waals surface area contributed by atoms with E-state index in [-0.39, 0.29) is 17.3 Å². The topological polar surface area (TPSA) is 66.5 Å². The van der Waals surface area contributed by atoms with E-state index in [0.717, 1.165) is 0 Å². The molecule has 1 heterocycles. The molecule has 0 bridgehead atoms. The van der Waals surface area contributed by atoms with Crippen LogP contribution in [0.15, 0.2) is 59.5 Å². The Bertz CT molecular complexity index is 856. The molecular formula is C18H19FN2O3S. The van der Waals surface area contributed by atoms with Gasteiger partial charge in [-0.05, 0) is 43.2 Å². The van der Waals surface area contributed by atoms with Gasteiger partial charge in [0.1, 0.15) is 5.82 Å². The van der Waals surface area contributed by atoms with Crippen molar-refractivity contribution in [2.24, 2.45) is 5.92 Å². The summed E-state index contributed by atoms with van der Waals surface area (Å²) < 4.78 is 40.0. The third-order valence-corrected chi connectivity index (χ3v) is 6.11. The van der Waals surface area contributed by atoms with Crippen LogP contribution in [-0.4, -0.2) is 31.7 Å². The molecule has 0 radical (unpaired) electrons. The molecule has 0 spiro atoms. The molecule has 0 saturated carbocycles. The Kier molecular flexibility index (Phi) is 5.15. The normalized spacial score (nSPS) is 18.7. The Hall–Kier alpha value is -2.25. The third-order valence-electron chi connectivity index (χ3n) is 4.23. The highest BCUT2D eigenvalue weighted by atomic mass is 32.2. The quantitative estimate of drug-likeness (QED) is 0.909. The molecule has 1 aliphatic heterocycles. The number of nitrogens with zero attached hydrogens (tertiary/aromatic N) is 1. The van der Waals surface area contributed by atoms with Gasteiger partial charge in [0.2, 0.25) is 15.9 Å². The fourth-order valence-corrected chi connectivity index (χ4v) is 4.47. The van der Waals surface area contributed by atoms with Crippen molar-refractivity contribution in [3.63, 3.8) is 0 Å². The molecule has 132 valence electrons. The second kappa shape index (κ2) is 7.33. The number of rotatable bonds is 4. The van der Waals surface area contributed by atoms with Crippen LogP contribution < -0.4 is 5.32 Å². The zero-order chi connectivity index (χ0) is 17.9. The smallest absolute Gasteiger partial charge is 0.243 e. The number of halogens is 1. The van der Waals surface area contributed by atoms with E-state index in [1.807, 2.05) is 0 Å². The maximum Gasteiger partial charge on any atom is 0.243 e. The minimum Gasteiger partial charge on any atom is -0.326 e. The van der Waals surface area contributed by atoms with Crippen LogP contribution in [0.4, 0.5) is 10.1 Å². The fourth-order valence-electron chi connectivity index (χ4n) is 2.93. The molecular weight excluding hydrogens is 343 g/mol. The number of sulfonamides is 1. The van der Waals surface area contributed by atoms with Gasteiger partial charge in [-0.1, -0.05) is 24.3 Å². The van der Waals surface area contributed by atoms with Gasteiger partial charge in [0.15, 0.2) is 0 Å². The summed E-state index contributed by atoms with van der Waals surface area (Å²) in [6, 6.07) is 13.8. The average Bonchev–Trinajstić information content (AvgIpc) is 2.62. The molecule has 2 aromatic carbocycles. The lowest BCUT2D eigenvalue weighted by Gasteiger charge is -2.31. The van der Waals surface area contributed by atoms with Crippen LogP contribution in [0.5, 0.6) is 0 Å². The van der Waals surface area contributed by atoms with Gasteiger partial charge in [0, 0.05) is 18.8 Å². The lowest BCUT2D eigenvalue weighted by Crippen LogP contribution is -2.43. The first-order chi connectivity index (χ1) is 12.0. The van der Waals surface area contributed by atoms with Crippen molar-refractivity contribution in [1.82, 2.24) is 4.31 Å². The number of hydrogen-bond acceptors (Lipinski definition) is 3. The summed E-state index contributed by atoms with van der Waals surface area (Å²) in [6.45, 7) is 0.513. The number of nitrogens with one attached hydrogen (secondary N) is 1. The maximum absolute atomic E-state index is 13.2. The van der Waals surface area contributed by atoms with Gasteiger partial charge in [-0.2, -0.15) is 4.31 Å². The van der Waals surface area contributed by atoms with E-state index in [2.05, 4.69) is 5.32 Å². The first-order valence-corrected chi connectivity index (χ1v) is 9.52. The molecule has 1 amide bonds. The van der Waals surface area contributed by atoms with Crippen LogP contribution in [-0.2, 0) is 14.8 Å². The summed E-state index contributed by atoms with van der Waals surface area (Å²) in [4.78, 5) is 12.7. The number of hydrogen-bond donors (Lipinski definition) is 1. The Labute approximate surface area is 146 Å². The molecule has 0 unspecified atom stereocenters. The molecule has 1 N–H and O–H groups in total. The number of piperidine rings is 1. The van der Waals surface area contributed by atoms with Gasteiger partial charge in [-0.3, -0.25) is 4.79 Å². The van der Waals surface area contributed by atoms with E-state index in [9.17, 15) is 17.6 Å². The van der Waals surface area contributed by atoms with E-state index in [4.69, 9.17) is 0 Å². The average molecular weight is 362 g/mol. The van der Waals surface area contributed by atoms with Crippen molar-refractivity contribution < 1.29 is 17.6 Å². The molecule has 0 aliphatic carbocycles. The minimum absolute atomic E-state index is 0.123. The van der Waals surface area contributed by atoms with Crippen molar-refractivity contribution in [1.29, 1.82) is 0 Å². The molecule has 25 heavy (non-hydrogen) atoms. The second-order valence-electron chi connectivity index (χ2n) is 6.01. The highest BCUT2D eigenvalue weighted by molar-refractivity contribution is 7.89. The lowest BCUT2D eigenvalue weighted by atomic mass is 9.99. The first-order valence-electron chi connectivity index (χ1n) is 8.08. The summed E-state index contributed by atoms with van der Waals surface area (Å²) in [5.41, 5.74) is 0.369. The van der Waals surface area contributed by atoms with Gasteiger partial charge < -0.3 is 5.32 Å². The molecule has 2 aromatic rings. The third kappa shape index (κ3) is 4.05. The Morgan fingerprint density at radius 3 is 2.60 bits per heavy atom. The second-order valence-corrected chi connectivity index (χ2v) is 7.95. The Morgan fingerprint density at radius 2 is 1.88 bits per heavy atom. The Morgan fingerprint density at radius 1 is 1.12 bits per heavy atom. The van der Waals surface area contributed by atoms with Gasteiger partial charge in [0.25, 0.3) is 0 Å². The van der Waals surface area contributed by atoms with E-state index >= 15 is 0 Å². The van der Waals surface area contributed by atoms with Crippen LogP contribution >= 0.6 is 0 Å². The van der Waals surface area contributed by atoms with E-state index in [1.165, 1.54) is 22.5 Å². The molecule has 1 fully saturated rings. The molecule has 3 rings (SSSR count). The van der Waals surface area contributed by atoms with Crippen LogP contribution in [0.25, 0.3) is 0 Å². The van der Waals surface area contributed by atoms with Gasteiger partial charge >= 0.3 is 0 Å². The van der Waals surface area contributed by atoms with Gasteiger partial charge in [-0.25, -0.2) is 12.8 Å². The highest BCUT2D eigenvalue weighted by Gasteiger charge is 2.33.